The van der Waals surface area contributed by atoms with Gasteiger partial charge in [-0.2, -0.15) is 0 Å². The van der Waals surface area contributed by atoms with Gasteiger partial charge in [0.15, 0.2) is 0 Å². The van der Waals surface area contributed by atoms with Crippen LogP contribution in [-0.2, 0) is 0 Å². The molecule has 1 saturated carbocycles. The Bertz CT molecular complexity index is 241. The van der Waals surface area contributed by atoms with E-state index in [0.29, 0.717) is 0 Å². The van der Waals surface area contributed by atoms with Crippen LogP contribution >= 0.6 is 0 Å². The lowest BCUT2D eigenvalue weighted by atomic mass is 9.84. The van der Waals surface area contributed by atoms with Crippen molar-refractivity contribution < 1.29 is 0 Å². The second kappa shape index (κ2) is 6.91. The van der Waals surface area contributed by atoms with E-state index in [1.807, 2.05) is 0 Å². The van der Waals surface area contributed by atoms with E-state index in [9.17, 15) is 0 Å². The Morgan fingerprint density at radius 3 is 2.61 bits per heavy atom. The first-order valence-corrected chi connectivity index (χ1v) is 8.18. The van der Waals surface area contributed by atoms with Crippen LogP contribution in [0.2, 0.25) is 0 Å². The number of nitrogens with zero attached hydrogens (tertiary/aromatic N) is 1. The molecule has 18 heavy (non-hydrogen) atoms. The van der Waals surface area contributed by atoms with E-state index in [4.69, 9.17) is 0 Å². The van der Waals surface area contributed by atoms with Crippen molar-refractivity contribution in [2.75, 3.05) is 19.6 Å². The molecule has 4 unspecified atom stereocenters. The molecule has 4 atom stereocenters. The highest BCUT2D eigenvalue weighted by atomic mass is 15.2. The molecule has 2 rings (SSSR count). The van der Waals surface area contributed by atoms with Crippen molar-refractivity contribution in [1.82, 2.24) is 10.2 Å². The average molecular weight is 252 g/mol. The minimum Gasteiger partial charge on any atom is -0.314 e. The Balaban J connectivity index is 1.96. The molecule has 0 spiro atoms. The smallest absolute Gasteiger partial charge is 0.0121 e. The SMILES string of the molecule is CCC1CCN(C2CCCCC2C)CC(C)CN1. The molecule has 106 valence electrons. The van der Waals surface area contributed by atoms with Crippen molar-refractivity contribution in [2.45, 2.75) is 71.4 Å². The standard InChI is InChI=1S/C16H32N2/c1-4-15-9-10-18(12-13(2)11-17-15)16-8-6-5-7-14(16)3/h13-17H,4-12H2,1-3H3. The van der Waals surface area contributed by atoms with E-state index in [1.165, 1.54) is 58.2 Å². The highest BCUT2D eigenvalue weighted by molar-refractivity contribution is 4.85. The van der Waals surface area contributed by atoms with E-state index >= 15 is 0 Å². The first-order chi connectivity index (χ1) is 8.70. The molecule has 1 heterocycles. The summed E-state index contributed by atoms with van der Waals surface area (Å²) < 4.78 is 0. The molecule has 2 aliphatic rings. The summed E-state index contributed by atoms with van der Waals surface area (Å²) >= 11 is 0. The fourth-order valence-corrected chi connectivity index (χ4v) is 3.84. The third kappa shape index (κ3) is 3.71. The van der Waals surface area contributed by atoms with E-state index in [2.05, 4.69) is 31.0 Å². The Labute approximate surface area is 114 Å². The molecule has 0 bridgehead atoms. The largest absolute Gasteiger partial charge is 0.314 e. The molecule has 1 aliphatic carbocycles. The van der Waals surface area contributed by atoms with Crippen LogP contribution in [0.5, 0.6) is 0 Å². The zero-order valence-electron chi connectivity index (χ0n) is 12.6. The van der Waals surface area contributed by atoms with Crippen molar-refractivity contribution in [3.05, 3.63) is 0 Å². The molecule has 0 amide bonds. The zero-order valence-corrected chi connectivity index (χ0v) is 12.6. The maximum absolute atomic E-state index is 3.73. The number of hydrogen-bond donors (Lipinski definition) is 1. The molecular formula is C16H32N2. The molecule has 0 aromatic carbocycles. The summed E-state index contributed by atoms with van der Waals surface area (Å²) in [5, 5.41) is 3.73. The minimum atomic E-state index is 0.745. The van der Waals surface area contributed by atoms with Crippen molar-refractivity contribution in [3.63, 3.8) is 0 Å². The monoisotopic (exact) mass is 252 g/mol. The Morgan fingerprint density at radius 1 is 1.11 bits per heavy atom. The van der Waals surface area contributed by atoms with Gasteiger partial charge in [-0.3, -0.25) is 4.90 Å². The summed E-state index contributed by atoms with van der Waals surface area (Å²) in [6.45, 7) is 11.0. The average Bonchev–Trinajstić information content (AvgIpc) is 2.35. The van der Waals surface area contributed by atoms with Crippen LogP contribution in [0.15, 0.2) is 0 Å². The van der Waals surface area contributed by atoms with Gasteiger partial charge in [0.25, 0.3) is 0 Å². The second-order valence-electron chi connectivity index (χ2n) is 6.73. The van der Waals surface area contributed by atoms with Crippen molar-refractivity contribution in [1.29, 1.82) is 0 Å². The van der Waals surface area contributed by atoms with Crippen LogP contribution in [0.3, 0.4) is 0 Å². The molecular weight excluding hydrogens is 220 g/mol. The number of rotatable bonds is 2. The van der Waals surface area contributed by atoms with Crippen LogP contribution in [0, 0.1) is 11.8 Å². The van der Waals surface area contributed by atoms with Crippen LogP contribution < -0.4 is 5.32 Å². The van der Waals surface area contributed by atoms with Crippen molar-refractivity contribution >= 4 is 0 Å². The normalized spacial score (nSPS) is 40.2. The summed E-state index contributed by atoms with van der Waals surface area (Å²) in [7, 11) is 0. The van der Waals surface area contributed by atoms with Gasteiger partial charge in [-0.05, 0) is 50.6 Å². The lowest BCUT2D eigenvalue weighted by Crippen LogP contribution is -2.49. The molecule has 1 N–H and O–H groups in total. The van der Waals surface area contributed by atoms with Gasteiger partial charge in [-0.1, -0.05) is 33.6 Å². The third-order valence-corrected chi connectivity index (χ3v) is 5.09. The van der Waals surface area contributed by atoms with Gasteiger partial charge in [0, 0.05) is 18.6 Å². The molecule has 0 radical (unpaired) electrons. The summed E-state index contributed by atoms with van der Waals surface area (Å²) in [6, 6.07) is 1.62. The van der Waals surface area contributed by atoms with Gasteiger partial charge in [-0.25, -0.2) is 0 Å². The molecule has 0 aromatic rings. The van der Waals surface area contributed by atoms with Crippen LogP contribution in [-0.4, -0.2) is 36.6 Å². The zero-order chi connectivity index (χ0) is 13.0. The second-order valence-corrected chi connectivity index (χ2v) is 6.73. The summed E-state index contributed by atoms with van der Waals surface area (Å²) in [4.78, 5) is 2.83. The Hall–Kier alpha value is -0.0800. The lowest BCUT2D eigenvalue weighted by Gasteiger charge is -2.42. The number of nitrogens with one attached hydrogen (secondary N) is 1. The Morgan fingerprint density at radius 2 is 1.89 bits per heavy atom. The van der Waals surface area contributed by atoms with Crippen LogP contribution in [0.1, 0.15) is 59.3 Å². The lowest BCUT2D eigenvalue weighted by molar-refractivity contribution is 0.0831. The van der Waals surface area contributed by atoms with Gasteiger partial charge in [0.05, 0.1) is 0 Å². The van der Waals surface area contributed by atoms with Crippen molar-refractivity contribution in [3.8, 4) is 0 Å². The van der Waals surface area contributed by atoms with Gasteiger partial charge in [-0.15, -0.1) is 0 Å². The summed E-state index contributed by atoms with van der Waals surface area (Å²) in [6.07, 6.45) is 8.42. The van der Waals surface area contributed by atoms with E-state index < -0.39 is 0 Å². The molecule has 2 nitrogen and oxygen atoms in total. The molecule has 1 aliphatic heterocycles. The first-order valence-electron chi connectivity index (χ1n) is 8.18. The quantitative estimate of drug-likeness (QED) is 0.811. The number of hydrogen-bond acceptors (Lipinski definition) is 2. The first kappa shape index (κ1) is 14.3. The van der Waals surface area contributed by atoms with Gasteiger partial charge in [0.1, 0.15) is 0 Å². The van der Waals surface area contributed by atoms with E-state index in [1.54, 1.807) is 0 Å². The minimum absolute atomic E-state index is 0.745. The van der Waals surface area contributed by atoms with E-state index in [0.717, 1.165) is 23.9 Å². The third-order valence-electron chi connectivity index (χ3n) is 5.09. The predicted molar refractivity (Wildman–Crippen MR) is 78.9 cm³/mol. The fraction of sp³-hybridized carbons (Fsp3) is 1.00. The molecule has 0 aromatic heterocycles. The topological polar surface area (TPSA) is 15.3 Å². The van der Waals surface area contributed by atoms with Gasteiger partial charge in [0.2, 0.25) is 0 Å². The maximum atomic E-state index is 3.73. The van der Waals surface area contributed by atoms with Gasteiger partial charge < -0.3 is 5.32 Å². The molecule has 1 saturated heterocycles. The van der Waals surface area contributed by atoms with Crippen LogP contribution in [0.25, 0.3) is 0 Å². The molecule has 2 heteroatoms. The fourth-order valence-electron chi connectivity index (χ4n) is 3.84. The summed E-state index contributed by atoms with van der Waals surface area (Å²) in [5.74, 6) is 1.71. The van der Waals surface area contributed by atoms with Gasteiger partial charge >= 0.3 is 0 Å². The highest BCUT2D eigenvalue weighted by Gasteiger charge is 2.29. The van der Waals surface area contributed by atoms with Crippen LogP contribution in [0.4, 0.5) is 0 Å². The van der Waals surface area contributed by atoms with E-state index in [-0.39, 0.29) is 0 Å². The highest BCUT2D eigenvalue weighted by Crippen LogP contribution is 2.29. The Kier molecular flexibility index (Phi) is 5.50. The van der Waals surface area contributed by atoms with Crippen molar-refractivity contribution in [2.24, 2.45) is 11.8 Å². The summed E-state index contributed by atoms with van der Waals surface area (Å²) in [5.41, 5.74) is 0. The molecule has 2 fully saturated rings. The maximum Gasteiger partial charge on any atom is 0.0121 e. The predicted octanol–water partition coefficient (Wildman–Crippen LogP) is 3.28.